The van der Waals surface area contributed by atoms with Crippen molar-refractivity contribution in [2.75, 3.05) is 27.3 Å². The Hall–Kier alpha value is -2.05. The zero-order chi connectivity index (χ0) is 19.6. The number of rotatable bonds is 6. The van der Waals surface area contributed by atoms with Gasteiger partial charge in [0.15, 0.2) is 17.3 Å². The van der Waals surface area contributed by atoms with Crippen LogP contribution in [0.4, 0.5) is 0 Å². The molecule has 1 saturated heterocycles. The number of methoxy groups -OCH3 is 2. The minimum absolute atomic E-state index is 0.0346. The third-order valence-corrected chi connectivity index (χ3v) is 5.67. The van der Waals surface area contributed by atoms with E-state index >= 15 is 0 Å². The van der Waals surface area contributed by atoms with Crippen molar-refractivity contribution in [1.82, 2.24) is 14.7 Å². The molecule has 0 N–H and O–H groups in total. The summed E-state index contributed by atoms with van der Waals surface area (Å²) in [6.07, 6.45) is 1.88. The first kappa shape index (κ1) is 19.7. The lowest BCUT2D eigenvalue weighted by Crippen LogP contribution is -2.38. The van der Waals surface area contributed by atoms with Crippen molar-refractivity contribution in [3.8, 4) is 11.5 Å². The van der Waals surface area contributed by atoms with Gasteiger partial charge in [-0.15, -0.1) is 0 Å². The fourth-order valence-electron chi connectivity index (χ4n) is 3.72. The number of carbonyl (C=O) groups excluding carboxylic acids is 1. The van der Waals surface area contributed by atoms with Gasteiger partial charge in [-0.2, -0.15) is 5.10 Å². The van der Waals surface area contributed by atoms with Crippen molar-refractivity contribution in [2.24, 2.45) is 13.0 Å². The SMILES string of the molecule is COc1ccc(C(=O)C2CCCN(Cc3c(C)nn(C)c3Cl)C2)cc1OC. The Kier molecular flexibility index (Phi) is 6.07. The summed E-state index contributed by atoms with van der Waals surface area (Å²) in [6, 6.07) is 5.36. The lowest BCUT2D eigenvalue weighted by molar-refractivity contribution is 0.0811. The van der Waals surface area contributed by atoms with Gasteiger partial charge in [-0.3, -0.25) is 14.4 Å². The molecule has 0 radical (unpaired) electrons. The highest BCUT2D eigenvalue weighted by atomic mass is 35.5. The van der Waals surface area contributed by atoms with Gasteiger partial charge in [-0.05, 0) is 44.5 Å². The minimum atomic E-state index is -0.0346. The molecule has 0 saturated carbocycles. The molecule has 3 rings (SSSR count). The molecule has 0 aliphatic carbocycles. The third kappa shape index (κ3) is 4.12. The van der Waals surface area contributed by atoms with Crippen molar-refractivity contribution < 1.29 is 14.3 Å². The van der Waals surface area contributed by atoms with Crippen molar-refractivity contribution in [3.05, 3.63) is 40.2 Å². The fraction of sp³-hybridized carbons (Fsp3) is 0.500. The number of aryl methyl sites for hydroxylation is 2. The number of ketones is 1. The molecule has 1 aromatic carbocycles. The van der Waals surface area contributed by atoms with Gasteiger partial charge in [0, 0.05) is 37.2 Å². The second kappa shape index (κ2) is 8.31. The summed E-state index contributed by atoms with van der Waals surface area (Å²) in [4.78, 5) is 15.3. The van der Waals surface area contributed by atoms with Gasteiger partial charge in [0.05, 0.1) is 19.9 Å². The van der Waals surface area contributed by atoms with Crippen molar-refractivity contribution in [2.45, 2.75) is 26.3 Å². The van der Waals surface area contributed by atoms with E-state index in [0.717, 1.165) is 37.2 Å². The largest absolute Gasteiger partial charge is 0.493 e. The maximum atomic E-state index is 13.0. The second-order valence-electron chi connectivity index (χ2n) is 6.99. The third-order valence-electron chi connectivity index (χ3n) is 5.20. The topological polar surface area (TPSA) is 56.6 Å². The van der Waals surface area contributed by atoms with Gasteiger partial charge < -0.3 is 9.47 Å². The van der Waals surface area contributed by atoms with Gasteiger partial charge in [0.1, 0.15) is 5.15 Å². The maximum absolute atomic E-state index is 13.0. The summed E-state index contributed by atoms with van der Waals surface area (Å²) >= 11 is 6.37. The number of benzene rings is 1. The van der Waals surface area contributed by atoms with Crippen LogP contribution in [0.5, 0.6) is 11.5 Å². The smallest absolute Gasteiger partial charge is 0.167 e. The lowest BCUT2D eigenvalue weighted by atomic mass is 9.89. The Morgan fingerprint density at radius 2 is 2.04 bits per heavy atom. The average molecular weight is 392 g/mol. The Labute approximate surface area is 165 Å². The van der Waals surface area contributed by atoms with Crippen LogP contribution in [0.2, 0.25) is 5.15 Å². The molecule has 6 nitrogen and oxygen atoms in total. The predicted octanol–water partition coefficient (Wildman–Crippen LogP) is 3.49. The molecule has 1 atom stereocenters. The minimum Gasteiger partial charge on any atom is -0.493 e. The van der Waals surface area contributed by atoms with E-state index in [4.69, 9.17) is 21.1 Å². The molecular weight excluding hydrogens is 366 g/mol. The fourth-order valence-corrected chi connectivity index (χ4v) is 3.95. The van der Waals surface area contributed by atoms with E-state index in [1.165, 1.54) is 0 Å². The standard InChI is InChI=1S/C20H26ClN3O3/c1-13-16(20(21)23(2)22-13)12-24-9-5-6-15(11-24)19(25)14-7-8-17(26-3)18(10-14)27-4/h7-8,10,15H,5-6,9,11-12H2,1-4H3. The number of piperidine rings is 1. The molecule has 7 heteroatoms. The Morgan fingerprint density at radius 1 is 1.30 bits per heavy atom. The van der Waals surface area contributed by atoms with E-state index in [9.17, 15) is 4.79 Å². The molecule has 1 unspecified atom stereocenters. The molecule has 0 amide bonds. The maximum Gasteiger partial charge on any atom is 0.167 e. The molecule has 27 heavy (non-hydrogen) atoms. The Bertz CT molecular complexity index is 834. The number of ether oxygens (including phenoxy) is 2. The van der Waals surface area contributed by atoms with Crippen molar-refractivity contribution in [1.29, 1.82) is 0 Å². The van der Waals surface area contributed by atoms with E-state index in [0.29, 0.717) is 28.8 Å². The first-order chi connectivity index (χ1) is 12.9. The lowest BCUT2D eigenvalue weighted by Gasteiger charge is -2.32. The van der Waals surface area contributed by atoms with Crippen LogP contribution in [0, 0.1) is 12.8 Å². The Balaban J connectivity index is 1.73. The molecule has 1 aliphatic heterocycles. The summed E-state index contributed by atoms with van der Waals surface area (Å²) in [5.41, 5.74) is 2.64. The Morgan fingerprint density at radius 3 is 2.67 bits per heavy atom. The second-order valence-corrected chi connectivity index (χ2v) is 7.34. The number of halogens is 1. The molecule has 0 bridgehead atoms. The first-order valence-electron chi connectivity index (χ1n) is 9.11. The van der Waals surface area contributed by atoms with Gasteiger partial charge >= 0.3 is 0 Å². The number of aromatic nitrogens is 2. The van der Waals surface area contributed by atoms with Crippen LogP contribution in [-0.2, 0) is 13.6 Å². The number of nitrogens with zero attached hydrogens (tertiary/aromatic N) is 3. The van der Waals surface area contributed by atoms with E-state index in [1.54, 1.807) is 31.0 Å². The summed E-state index contributed by atoms with van der Waals surface area (Å²) < 4.78 is 12.3. The molecule has 1 fully saturated rings. The van der Waals surface area contributed by atoms with Crippen LogP contribution in [0.1, 0.15) is 34.5 Å². The van der Waals surface area contributed by atoms with E-state index < -0.39 is 0 Å². The molecular formula is C20H26ClN3O3. The van der Waals surface area contributed by atoms with Crippen LogP contribution < -0.4 is 9.47 Å². The zero-order valence-electron chi connectivity index (χ0n) is 16.3. The number of carbonyl (C=O) groups is 1. The van der Waals surface area contributed by atoms with Gasteiger partial charge in [0.2, 0.25) is 0 Å². The molecule has 2 heterocycles. The highest BCUT2D eigenvalue weighted by Crippen LogP contribution is 2.30. The summed E-state index contributed by atoms with van der Waals surface area (Å²) in [6.45, 7) is 4.36. The van der Waals surface area contributed by atoms with E-state index in [2.05, 4.69) is 10.00 Å². The number of likely N-dealkylation sites (tertiary alicyclic amines) is 1. The highest BCUT2D eigenvalue weighted by Gasteiger charge is 2.28. The van der Waals surface area contributed by atoms with Gasteiger partial charge in [-0.1, -0.05) is 11.6 Å². The summed E-state index contributed by atoms with van der Waals surface area (Å²) in [7, 11) is 5.01. The van der Waals surface area contributed by atoms with Crippen LogP contribution in [0.15, 0.2) is 18.2 Å². The number of hydrogen-bond donors (Lipinski definition) is 0. The number of Topliss-reactive ketones (excluding diaryl/α,β-unsaturated/α-hetero) is 1. The monoisotopic (exact) mass is 391 g/mol. The van der Waals surface area contributed by atoms with Gasteiger partial charge in [-0.25, -0.2) is 0 Å². The molecule has 2 aromatic rings. The van der Waals surface area contributed by atoms with Gasteiger partial charge in [0.25, 0.3) is 0 Å². The highest BCUT2D eigenvalue weighted by molar-refractivity contribution is 6.30. The van der Waals surface area contributed by atoms with Crippen LogP contribution in [0.25, 0.3) is 0 Å². The quantitative estimate of drug-likeness (QED) is 0.705. The first-order valence-corrected chi connectivity index (χ1v) is 9.49. The average Bonchev–Trinajstić information content (AvgIpc) is 2.93. The van der Waals surface area contributed by atoms with Crippen LogP contribution in [0.3, 0.4) is 0 Å². The summed E-state index contributed by atoms with van der Waals surface area (Å²) in [5, 5.41) is 5.05. The van der Waals surface area contributed by atoms with Crippen molar-refractivity contribution in [3.63, 3.8) is 0 Å². The van der Waals surface area contributed by atoms with Crippen molar-refractivity contribution >= 4 is 17.4 Å². The van der Waals surface area contributed by atoms with Crippen LogP contribution >= 0.6 is 11.6 Å². The van der Waals surface area contributed by atoms with E-state index in [1.807, 2.05) is 20.0 Å². The van der Waals surface area contributed by atoms with E-state index in [-0.39, 0.29) is 11.7 Å². The van der Waals surface area contributed by atoms with Crippen LogP contribution in [-0.4, -0.2) is 47.8 Å². The molecule has 1 aromatic heterocycles. The molecule has 1 aliphatic rings. The normalized spacial score (nSPS) is 17.7. The summed E-state index contributed by atoms with van der Waals surface area (Å²) in [5.74, 6) is 1.32. The number of hydrogen-bond acceptors (Lipinski definition) is 5. The zero-order valence-corrected chi connectivity index (χ0v) is 17.0. The molecule has 146 valence electrons. The molecule has 0 spiro atoms. The predicted molar refractivity (Wildman–Crippen MR) is 105 cm³/mol.